The topological polar surface area (TPSA) is 65.2 Å². The number of nitrogens with zero attached hydrogens (tertiary/aromatic N) is 5. The van der Waals surface area contributed by atoms with Gasteiger partial charge in [0.2, 0.25) is 5.95 Å². The number of rotatable bonds is 4. The Labute approximate surface area is 170 Å². The van der Waals surface area contributed by atoms with Crippen molar-refractivity contribution in [2.45, 2.75) is 39.7 Å². The van der Waals surface area contributed by atoms with Gasteiger partial charge in [-0.15, -0.1) is 0 Å². The number of aromatic nitrogens is 4. The highest BCUT2D eigenvalue weighted by molar-refractivity contribution is 5.93. The van der Waals surface area contributed by atoms with Crippen molar-refractivity contribution in [3.05, 3.63) is 39.2 Å². The predicted molar refractivity (Wildman–Crippen MR) is 116 cm³/mol. The van der Waals surface area contributed by atoms with Crippen LogP contribution in [0.15, 0.2) is 16.9 Å². The lowest BCUT2D eigenvalue weighted by Crippen LogP contribution is -2.37. The van der Waals surface area contributed by atoms with Crippen molar-refractivity contribution in [3.8, 4) is 11.3 Å². The fourth-order valence-electron chi connectivity index (χ4n) is 4.72. The minimum Gasteiger partial charge on any atom is -0.383 e. The molecular formula is C22H29N5O2. The van der Waals surface area contributed by atoms with Crippen LogP contribution in [0.3, 0.4) is 0 Å². The van der Waals surface area contributed by atoms with E-state index in [-0.39, 0.29) is 11.6 Å². The van der Waals surface area contributed by atoms with Gasteiger partial charge in [0.1, 0.15) is 11.1 Å². The number of fused-ring (bicyclic) bond motifs is 1. The molecule has 0 saturated carbocycles. The van der Waals surface area contributed by atoms with Gasteiger partial charge in [0.05, 0.1) is 12.6 Å². The Kier molecular flexibility index (Phi) is 4.94. The molecule has 7 nitrogen and oxygen atoms in total. The fourth-order valence-corrected chi connectivity index (χ4v) is 4.72. The lowest BCUT2D eigenvalue weighted by molar-refractivity contribution is 0.180. The second-order valence-electron chi connectivity index (χ2n) is 8.17. The van der Waals surface area contributed by atoms with Crippen LogP contribution in [0.4, 0.5) is 5.95 Å². The van der Waals surface area contributed by atoms with E-state index in [1.165, 1.54) is 5.56 Å². The summed E-state index contributed by atoms with van der Waals surface area (Å²) in [6.45, 7) is 7.73. The molecule has 1 aliphatic rings. The lowest BCUT2D eigenvalue weighted by atomic mass is 9.96. The molecular weight excluding hydrogens is 366 g/mol. The van der Waals surface area contributed by atoms with Gasteiger partial charge in [-0.05, 0) is 44.7 Å². The molecule has 7 heteroatoms. The number of hydrogen-bond donors (Lipinski definition) is 0. The van der Waals surface area contributed by atoms with E-state index in [1.807, 2.05) is 7.05 Å². The number of anilines is 1. The minimum atomic E-state index is -0.0597. The van der Waals surface area contributed by atoms with Crippen molar-refractivity contribution in [2.75, 3.05) is 25.2 Å². The smallest absolute Gasteiger partial charge is 0.266 e. The maximum absolute atomic E-state index is 13.5. The maximum Gasteiger partial charge on any atom is 0.266 e. The second-order valence-corrected chi connectivity index (χ2v) is 8.17. The van der Waals surface area contributed by atoms with Crippen LogP contribution >= 0.6 is 0 Å². The Morgan fingerprint density at radius 2 is 1.86 bits per heavy atom. The average molecular weight is 396 g/mol. The molecule has 4 rings (SSSR count). The quantitative estimate of drug-likeness (QED) is 0.680. The fraction of sp³-hybridized carbons (Fsp3) is 0.500. The van der Waals surface area contributed by atoms with E-state index in [9.17, 15) is 4.79 Å². The molecule has 29 heavy (non-hydrogen) atoms. The Morgan fingerprint density at radius 3 is 2.52 bits per heavy atom. The molecule has 1 atom stereocenters. The third-order valence-corrected chi connectivity index (χ3v) is 5.95. The molecule has 0 aliphatic carbocycles. The average Bonchev–Trinajstić information content (AvgIpc) is 3.22. The van der Waals surface area contributed by atoms with Crippen LogP contribution in [-0.4, -0.2) is 45.6 Å². The summed E-state index contributed by atoms with van der Waals surface area (Å²) in [7, 11) is 5.38. The zero-order valence-electron chi connectivity index (χ0n) is 18.1. The molecule has 1 saturated heterocycles. The zero-order chi connectivity index (χ0) is 20.9. The summed E-state index contributed by atoms with van der Waals surface area (Å²) < 4.78 is 8.78. The molecule has 0 spiro atoms. The molecule has 1 aliphatic heterocycles. The summed E-state index contributed by atoms with van der Waals surface area (Å²) in [5, 5.41) is 5.31. The van der Waals surface area contributed by atoms with Crippen LogP contribution in [0.25, 0.3) is 22.3 Å². The SMILES string of the molecule is COCC1CCCN1c1nc2c(c(-c3c(C)cc(C)cc3C)nn2C)c(=O)n1C. The summed E-state index contributed by atoms with van der Waals surface area (Å²) >= 11 is 0. The molecule has 1 fully saturated rings. The lowest BCUT2D eigenvalue weighted by Gasteiger charge is -2.26. The van der Waals surface area contributed by atoms with Gasteiger partial charge in [0.25, 0.3) is 5.56 Å². The number of methoxy groups -OCH3 is 1. The third kappa shape index (κ3) is 3.13. The highest BCUT2D eigenvalue weighted by Crippen LogP contribution is 2.32. The van der Waals surface area contributed by atoms with Crippen molar-refractivity contribution in [3.63, 3.8) is 0 Å². The first kappa shape index (κ1) is 19.6. The summed E-state index contributed by atoms with van der Waals surface area (Å²) in [5.41, 5.74) is 5.74. The number of aryl methyl sites for hydroxylation is 4. The summed E-state index contributed by atoms with van der Waals surface area (Å²) in [4.78, 5) is 20.6. The van der Waals surface area contributed by atoms with E-state index in [0.717, 1.165) is 36.1 Å². The maximum atomic E-state index is 13.5. The highest BCUT2D eigenvalue weighted by Gasteiger charge is 2.29. The van der Waals surface area contributed by atoms with Crippen molar-refractivity contribution < 1.29 is 4.74 Å². The van der Waals surface area contributed by atoms with Gasteiger partial charge in [0, 0.05) is 33.3 Å². The van der Waals surface area contributed by atoms with Crippen molar-refractivity contribution in [1.82, 2.24) is 19.3 Å². The highest BCUT2D eigenvalue weighted by atomic mass is 16.5. The van der Waals surface area contributed by atoms with Crippen LogP contribution in [0.5, 0.6) is 0 Å². The standard InChI is InChI=1S/C22H29N5O2/c1-13-10-14(2)17(15(3)11-13)19-18-20(26(5)24-19)23-22(25(4)21(18)28)27-9-7-8-16(27)12-29-6/h10-11,16H,7-9,12H2,1-6H3. The number of ether oxygens (including phenoxy) is 1. The molecule has 3 heterocycles. The van der Waals surface area contributed by atoms with Gasteiger partial charge in [-0.25, -0.2) is 4.68 Å². The van der Waals surface area contributed by atoms with E-state index < -0.39 is 0 Å². The monoisotopic (exact) mass is 395 g/mol. The Balaban J connectivity index is 1.95. The second kappa shape index (κ2) is 7.30. The molecule has 0 bridgehead atoms. The van der Waals surface area contributed by atoms with E-state index in [4.69, 9.17) is 14.8 Å². The van der Waals surface area contributed by atoms with Gasteiger partial charge in [0.15, 0.2) is 5.65 Å². The van der Waals surface area contributed by atoms with E-state index in [0.29, 0.717) is 29.3 Å². The minimum absolute atomic E-state index is 0.0597. The third-order valence-electron chi connectivity index (χ3n) is 5.95. The normalized spacial score (nSPS) is 16.9. The van der Waals surface area contributed by atoms with E-state index in [2.05, 4.69) is 37.8 Å². The van der Waals surface area contributed by atoms with Crippen LogP contribution < -0.4 is 10.5 Å². The Bertz CT molecular complexity index is 1120. The first-order chi connectivity index (χ1) is 13.8. The molecule has 0 N–H and O–H groups in total. The molecule has 1 unspecified atom stereocenters. The molecule has 1 aromatic carbocycles. The van der Waals surface area contributed by atoms with E-state index in [1.54, 1.807) is 23.4 Å². The largest absolute Gasteiger partial charge is 0.383 e. The number of hydrogen-bond acceptors (Lipinski definition) is 5. The van der Waals surface area contributed by atoms with Gasteiger partial charge < -0.3 is 9.64 Å². The van der Waals surface area contributed by atoms with Crippen molar-refractivity contribution in [1.29, 1.82) is 0 Å². The Hall–Kier alpha value is -2.67. The summed E-state index contributed by atoms with van der Waals surface area (Å²) in [6.07, 6.45) is 2.11. The number of benzene rings is 1. The van der Waals surface area contributed by atoms with Crippen LogP contribution in [0, 0.1) is 20.8 Å². The zero-order valence-corrected chi connectivity index (χ0v) is 18.1. The molecule has 2 aromatic heterocycles. The molecule has 0 radical (unpaired) electrons. The summed E-state index contributed by atoms with van der Waals surface area (Å²) in [6, 6.07) is 4.51. The van der Waals surface area contributed by atoms with Crippen LogP contribution in [0.1, 0.15) is 29.5 Å². The van der Waals surface area contributed by atoms with Gasteiger partial charge in [-0.3, -0.25) is 9.36 Å². The molecule has 3 aromatic rings. The first-order valence-corrected chi connectivity index (χ1v) is 10.1. The molecule has 0 amide bonds. The molecule has 154 valence electrons. The summed E-state index contributed by atoms with van der Waals surface area (Å²) in [5.74, 6) is 0.689. The predicted octanol–water partition coefficient (Wildman–Crippen LogP) is 2.87. The first-order valence-electron chi connectivity index (χ1n) is 10.1. The van der Waals surface area contributed by atoms with Gasteiger partial charge in [-0.1, -0.05) is 17.7 Å². The Morgan fingerprint density at radius 1 is 1.17 bits per heavy atom. The van der Waals surface area contributed by atoms with Crippen molar-refractivity contribution in [2.24, 2.45) is 14.1 Å². The van der Waals surface area contributed by atoms with Gasteiger partial charge in [-0.2, -0.15) is 10.1 Å². The van der Waals surface area contributed by atoms with Crippen molar-refractivity contribution >= 4 is 17.0 Å². The van der Waals surface area contributed by atoms with Gasteiger partial charge >= 0.3 is 0 Å². The van der Waals surface area contributed by atoms with Crippen LogP contribution in [-0.2, 0) is 18.8 Å². The van der Waals surface area contributed by atoms with Crippen LogP contribution in [0.2, 0.25) is 0 Å². The van der Waals surface area contributed by atoms with E-state index >= 15 is 0 Å².